The van der Waals surface area contributed by atoms with Crippen molar-refractivity contribution in [3.8, 4) is 0 Å². The summed E-state index contributed by atoms with van der Waals surface area (Å²) < 4.78 is 0. The number of aryl methyl sites for hydroxylation is 1. The number of rotatable bonds is 0. The molecule has 0 heteroatoms. The molecule has 0 nitrogen and oxygen atoms in total. The molecular weight excluding hydrogens is 180 g/mol. The molecule has 0 aliphatic heterocycles. The van der Waals surface area contributed by atoms with E-state index >= 15 is 0 Å². The van der Waals surface area contributed by atoms with E-state index in [9.17, 15) is 0 Å². The zero-order valence-corrected chi connectivity index (χ0v) is 9.21. The summed E-state index contributed by atoms with van der Waals surface area (Å²) in [6, 6.07) is 7.05. The van der Waals surface area contributed by atoms with E-state index in [1.165, 1.54) is 38.5 Å². The Kier molecular flexibility index (Phi) is 1.60. The quantitative estimate of drug-likeness (QED) is 0.596. The lowest BCUT2D eigenvalue weighted by atomic mass is 9.66. The topological polar surface area (TPSA) is 0 Å². The largest absolute Gasteiger partial charge is 0.0617 e. The van der Waals surface area contributed by atoms with Crippen molar-refractivity contribution in [1.29, 1.82) is 0 Å². The highest BCUT2D eigenvalue weighted by molar-refractivity contribution is 5.45. The molecule has 0 N–H and O–H groups in total. The van der Waals surface area contributed by atoms with Crippen LogP contribution < -0.4 is 0 Å². The molecule has 4 rings (SSSR count). The fourth-order valence-corrected chi connectivity index (χ4v) is 4.52. The van der Waals surface area contributed by atoms with Crippen LogP contribution in [0, 0.1) is 11.8 Å². The minimum absolute atomic E-state index is 0.971. The first-order chi connectivity index (χ1) is 7.43. The summed E-state index contributed by atoms with van der Waals surface area (Å²) in [6.45, 7) is 0. The molecule has 3 unspecified atom stereocenters. The van der Waals surface area contributed by atoms with Crippen LogP contribution in [0.3, 0.4) is 0 Å². The van der Waals surface area contributed by atoms with Gasteiger partial charge in [0.25, 0.3) is 0 Å². The normalized spacial score (nSPS) is 36.4. The molecule has 3 atom stereocenters. The highest BCUT2D eigenvalue weighted by Gasteiger charge is 2.42. The predicted octanol–water partition coefficient (Wildman–Crippen LogP) is 3.69. The molecule has 1 aromatic carbocycles. The van der Waals surface area contributed by atoms with Crippen molar-refractivity contribution < 1.29 is 0 Å². The van der Waals surface area contributed by atoms with Crippen molar-refractivity contribution in [2.45, 2.75) is 44.4 Å². The maximum atomic E-state index is 2.39. The Bertz CT molecular complexity index is 404. The first-order valence-electron chi connectivity index (χ1n) is 6.54. The van der Waals surface area contributed by atoms with E-state index in [-0.39, 0.29) is 0 Å². The van der Waals surface area contributed by atoms with Crippen LogP contribution in [0.1, 0.15) is 48.3 Å². The highest BCUT2D eigenvalue weighted by atomic mass is 14.5. The maximum Gasteiger partial charge on any atom is -0.00965 e. The van der Waals surface area contributed by atoms with Gasteiger partial charge in [0.1, 0.15) is 0 Å². The third kappa shape index (κ3) is 1.03. The van der Waals surface area contributed by atoms with Gasteiger partial charge < -0.3 is 0 Å². The molecule has 0 spiro atoms. The average Bonchev–Trinajstić information content (AvgIpc) is 2.66. The lowest BCUT2D eigenvalue weighted by Gasteiger charge is -2.38. The smallest absolute Gasteiger partial charge is 0.00965 e. The van der Waals surface area contributed by atoms with Crippen molar-refractivity contribution in [2.24, 2.45) is 11.8 Å². The first kappa shape index (κ1) is 8.38. The van der Waals surface area contributed by atoms with Crippen LogP contribution in [-0.2, 0) is 12.8 Å². The summed E-state index contributed by atoms with van der Waals surface area (Å²) in [4.78, 5) is 0. The van der Waals surface area contributed by atoms with Gasteiger partial charge in [0.15, 0.2) is 0 Å². The van der Waals surface area contributed by atoms with Gasteiger partial charge in [-0.05, 0) is 66.5 Å². The van der Waals surface area contributed by atoms with E-state index in [4.69, 9.17) is 0 Å². The van der Waals surface area contributed by atoms with Crippen LogP contribution in [0.2, 0.25) is 0 Å². The molecule has 1 aromatic rings. The Morgan fingerprint density at radius 3 is 2.80 bits per heavy atom. The number of hydrogen-bond acceptors (Lipinski definition) is 0. The Balaban J connectivity index is 1.92. The second-order valence-corrected chi connectivity index (χ2v) is 5.71. The van der Waals surface area contributed by atoms with Gasteiger partial charge in [-0.25, -0.2) is 0 Å². The molecule has 0 heterocycles. The van der Waals surface area contributed by atoms with Gasteiger partial charge >= 0.3 is 0 Å². The third-order valence-corrected chi connectivity index (χ3v) is 5.05. The lowest BCUT2D eigenvalue weighted by molar-refractivity contribution is 0.214. The van der Waals surface area contributed by atoms with Crippen molar-refractivity contribution in [2.75, 3.05) is 0 Å². The van der Waals surface area contributed by atoms with E-state index in [1.54, 1.807) is 16.7 Å². The van der Waals surface area contributed by atoms with Gasteiger partial charge in [0, 0.05) is 0 Å². The molecular formula is C15H18. The lowest BCUT2D eigenvalue weighted by Crippen LogP contribution is -2.27. The molecule has 1 saturated carbocycles. The van der Waals surface area contributed by atoms with E-state index in [0.717, 1.165) is 17.8 Å². The van der Waals surface area contributed by atoms with Crippen LogP contribution in [-0.4, -0.2) is 0 Å². The van der Waals surface area contributed by atoms with E-state index < -0.39 is 0 Å². The average molecular weight is 198 g/mol. The Morgan fingerprint density at radius 2 is 1.80 bits per heavy atom. The van der Waals surface area contributed by atoms with Gasteiger partial charge in [-0.3, -0.25) is 0 Å². The summed E-state index contributed by atoms with van der Waals surface area (Å²) in [5.41, 5.74) is 5.20. The molecule has 1 fully saturated rings. The minimum atomic E-state index is 0.971. The molecule has 15 heavy (non-hydrogen) atoms. The van der Waals surface area contributed by atoms with Crippen molar-refractivity contribution >= 4 is 0 Å². The van der Waals surface area contributed by atoms with Gasteiger partial charge in [-0.2, -0.15) is 0 Å². The maximum absolute atomic E-state index is 2.39. The monoisotopic (exact) mass is 198 g/mol. The minimum Gasteiger partial charge on any atom is -0.0617 e. The van der Waals surface area contributed by atoms with Gasteiger partial charge in [0.2, 0.25) is 0 Å². The second-order valence-electron chi connectivity index (χ2n) is 5.71. The summed E-state index contributed by atoms with van der Waals surface area (Å²) in [5, 5.41) is 0. The molecule has 0 aromatic heterocycles. The van der Waals surface area contributed by atoms with E-state index in [2.05, 4.69) is 18.2 Å². The summed E-state index contributed by atoms with van der Waals surface area (Å²) in [7, 11) is 0. The highest BCUT2D eigenvalue weighted by Crippen LogP contribution is 2.54. The summed E-state index contributed by atoms with van der Waals surface area (Å²) >= 11 is 0. The molecule has 78 valence electrons. The van der Waals surface area contributed by atoms with Crippen molar-refractivity contribution in [1.82, 2.24) is 0 Å². The summed E-state index contributed by atoms with van der Waals surface area (Å²) in [5.74, 6) is 3.03. The van der Waals surface area contributed by atoms with E-state index in [0.29, 0.717) is 0 Å². The molecule has 3 aliphatic carbocycles. The Hall–Kier alpha value is -0.780. The number of hydrogen-bond donors (Lipinski definition) is 0. The Labute approximate surface area is 91.7 Å². The van der Waals surface area contributed by atoms with Gasteiger partial charge in [0.05, 0.1) is 0 Å². The third-order valence-electron chi connectivity index (χ3n) is 5.05. The van der Waals surface area contributed by atoms with Crippen LogP contribution in [0.25, 0.3) is 0 Å². The zero-order valence-electron chi connectivity index (χ0n) is 9.21. The SMILES string of the molecule is c1cc2c3c(c1)CC1CCCC(CC2)C31. The van der Waals surface area contributed by atoms with Crippen LogP contribution in [0.15, 0.2) is 18.2 Å². The fraction of sp³-hybridized carbons (Fsp3) is 0.600. The molecule has 3 aliphatic rings. The van der Waals surface area contributed by atoms with E-state index in [1.807, 2.05) is 0 Å². The molecule has 0 saturated heterocycles. The fourth-order valence-electron chi connectivity index (χ4n) is 4.52. The zero-order chi connectivity index (χ0) is 9.83. The Morgan fingerprint density at radius 1 is 0.933 bits per heavy atom. The molecule has 0 amide bonds. The molecule has 0 radical (unpaired) electrons. The van der Waals surface area contributed by atoms with Crippen LogP contribution in [0.5, 0.6) is 0 Å². The first-order valence-corrected chi connectivity index (χ1v) is 6.54. The van der Waals surface area contributed by atoms with Gasteiger partial charge in [-0.1, -0.05) is 24.6 Å². The molecule has 0 bridgehead atoms. The standard InChI is InChI=1S/C15H18/c1-3-10-7-8-11-4-2-6-13-9-12(5-1)14(10)15(11)13/h1,3,5,11,13,15H,2,4,6-9H2. The van der Waals surface area contributed by atoms with Crippen LogP contribution in [0.4, 0.5) is 0 Å². The number of benzene rings is 1. The summed E-state index contributed by atoms with van der Waals surface area (Å²) in [6.07, 6.45) is 8.72. The second kappa shape index (κ2) is 2.87. The van der Waals surface area contributed by atoms with Crippen molar-refractivity contribution in [3.05, 3.63) is 34.9 Å². The van der Waals surface area contributed by atoms with Crippen LogP contribution >= 0.6 is 0 Å². The van der Waals surface area contributed by atoms with Gasteiger partial charge in [-0.15, -0.1) is 0 Å². The predicted molar refractivity (Wildman–Crippen MR) is 62.0 cm³/mol. The van der Waals surface area contributed by atoms with Crippen molar-refractivity contribution in [3.63, 3.8) is 0 Å².